The molecule has 100 valence electrons. The first-order valence-electron chi connectivity index (χ1n) is 6.94. The van der Waals surface area contributed by atoms with Crippen molar-refractivity contribution in [3.8, 4) is 0 Å². The van der Waals surface area contributed by atoms with Crippen molar-refractivity contribution in [2.45, 2.75) is 57.0 Å². The lowest BCUT2D eigenvalue weighted by Gasteiger charge is -2.29. The van der Waals surface area contributed by atoms with Crippen molar-refractivity contribution in [2.24, 2.45) is 0 Å². The molecule has 1 N–H and O–H groups in total. The molecule has 4 nitrogen and oxygen atoms in total. The van der Waals surface area contributed by atoms with E-state index in [1.54, 1.807) is 0 Å². The summed E-state index contributed by atoms with van der Waals surface area (Å²) in [7, 11) is 0. The number of nitrogens with zero attached hydrogens (tertiary/aromatic N) is 1. The van der Waals surface area contributed by atoms with Gasteiger partial charge in [-0.1, -0.05) is 25.3 Å². The summed E-state index contributed by atoms with van der Waals surface area (Å²) in [5.74, 6) is -0.0148. The molecule has 1 unspecified atom stereocenters. The molecule has 0 bridgehead atoms. The first-order chi connectivity index (χ1) is 8.74. The Labute approximate surface area is 108 Å². The van der Waals surface area contributed by atoms with Gasteiger partial charge in [0.15, 0.2) is 0 Å². The third-order valence-corrected chi connectivity index (χ3v) is 3.86. The molecule has 0 aromatic heterocycles. The average Bonchev–Trinajstić information content (AvgIpc) is 2.66. The lowest BCUT2D eigenvalue weighted by Crippen LogP contribution is -2.44. The Morgan fingerprint density at radius 3 is 2.67 bits per heavy atom. The fourth-order valence-corrected chi connectivity index (χ4v) is 2.89. The molecule has 0 spiro atoms. The highest BCUT2D eigenvalue weighted by Crippen LogP contribution is 2.27. The predicted octanol–water partition coefficient (Wildman–Crippen LogP) is 1.61. The van der Waals surface area contributed by atoms with Crippen LogP contribution in [0.3, 0.4) is 0 Å². The number of carbonyl (C=O) groups excluding carboxylic acids is 2. The molecule has 2 amide bonds. The quantitative estimate of drug-likeness (QED) is 0.458. The highest BCUT2D eigenvalue weighted by atomic mass is 16.2. The summed E-state index contributed by atoms with van der Waals surface area (Å²) in [5, 5.41) is 3.15. The van der Waals surface area contributed by atoms with Crippen LogP contribution >= 0.6 is 0 Å². The third-order valence-electron chi connectivity index (χ3n) is 3.86. The van der Waals surface area contributed by atoms with Gasteiger partial charge in [-0.2, -0.15) is 0 Å². The van der Waals surface area contributed by atoms with Crippen LogP contribution in [-0.4, -0.2) is 35.3 Å². The molecule has 4 heteroatoms. The van der Waals surface area contributed by atoms with Crippen LogP contribution in [0.1, 0.15) is 44.9 Å². The number of imide groups is 1. The van der Waals surface area contributed by atoms with E-state index < -0.39 is 0 Å². The van der Waals surface area contributed by atoms with E-state index >= 15 is 0 Å². The van der Waals surface area contributed by atoms with Gasteiger partial charge in [0.1, 0.15) is 0 Å². The highest BCUT2D eigenvalue weighted by Gasteiger charge is 2.41. The fraction of sp³-hybridized carbons (Fsp3) is 0.714. The van der Waals surface area contributed by atoms with Crippen molar-refractivity contribution < 1.29 is 9.59 Å². The smallest absolute Gasteiger partial charge is 0.247 e. The zero-order chi connectivity index (χ0) is 13.0. The van der Waals surface area contributed by atoms with Gasteiger partial charge in [-0.3, -0.25) is 14.5 Å². The first kappa shape index (κ1) is 13.3. The molecule has 1 saturated heterocycles. The predicted molar refractivity (Wildman–Crippen MR) is 69.9 cm³/mol. The lowest BCUT2D eigenvalue weighted by molar-refractivity contribution is -0.142. The van der Waals surface area contributed by atoms with Crippen LogP contribution < -0.4 is 5.32 Å². The molecule has 1 aliphatic carbocycles. The van der Waals surface area contributed by atoms with Crippen LogP contribution in [0.5, 0.6) is 0 Å². The van der Waals surface area contributed by atoms with Crippen LogP contribution in [-0.2, 0) is 9.59 Å². The van der Waals surface area contributed by atoms with Gasteiger partial charge in [0.2, 0.25) is 11.8 Å². The number of nitrogens with one attached hydrogen (secondary N) is 1. The molecule has 2 aliphatic rings. The van der Waals surface area contributed by atoms with Gasteiger partial charge in [0, 0.05) is 6.04 Å². The number of carbonyl (C=O) groups is 2. The summed E-state index contributed by atoms with van der Waals surface area (Å²) in [6.45, 7) is 4.36. The Morgan fingerprint density at radius 1 is 1.28 bits per heavy atom. The van der Waals surface area contributed by atoms with E-state index in [0.29, 0.717) is 13.0 Å². The SMILES string of the molecule is C=CCCNC1CC(=O)N(C2CCCCC2)C1=O. The van der Waals surface area contributed by atoms with Crippen LogP contribution in [0.2, 0.25) is 0 Å². The topological polar surface area (TPSA) is 49.4 Å². The maximum atomic E-state index is 12.2. The van der Waals surface area contributed by atoms with E-state index in [9.17, 15) is 9.59 Å². The van der Waals surface area contributed by atoms with E-state index in [1.807, 2.05) is 6.08 Å². The van der Waals surface area contributed by atoms with Crippen LogP contribution in [0, 0.1) is 0 Å². The molecule has 1 saturated carbocycles. The molecule has 1 atom stereocenters. The maximum absolute atomic E-state index is 12.2. The van der Waals surface area contributed by atoms with Gasteiger partial charge in [-0.05, 0) is 25.8 Å². The average molecular weight is 250 g/mol. The van der Waals surface area contributed by atoms with Gasteiger partial charge < -0.3 is 5.32 Å². The molecule has 1 aliphatic heterocycles. The number of hydrogen-bond donors (Lipinski definition) is 1. The number of rotatable bonds is 5. The zero-order valence-corrected chi connectivity index (χ0v) is 10.9. The summed E-state index contributed by atoms with van der Waals surface area (Å²) in [4.78, 5) is 25.7. The summed E-state index contributed by atoms with van der Waals surface area (Å²) >= 11 is 0. The molecule has 0 aromatic rings. The Bertz CT molecular complexity index is 335. The molecular formula is C14H22N2O2. The van der Waals surface area contributed by atoms with Gasteiger partial charge in [-0.15, -0.1) is 6.58 Å². The van der Waals surface area contributed by atoms with Crippen molar-refractivity contribution in [3.05, 3.63) is 12.7 Å². The van der Waals surface area contributed by atoms with E-state index in [4.69, 9.17) is 0 Å². The van der Waals surface area contributed by atoms with Gasteiger partial charge in [-0.25, -0.2) is 0 Å². The Balaban J connectivity index is 1.93. The minimum absolute atomic E-state index is 0.00278. The van der Waals surface area contributed by atoms with Crippen molar-refractivity contribution in [3.63, 3.8) is 0 Å². The van der Waals surface area contributed by atoms with Gasteiger partial charge in [0.25, 0.3) is 0 Å². The monoisotopic (exact) mass is 250 g/mol. The second-order valence-electron chi connectivity index (χ2n) is 5.18. The number of hydrogen-bond acceptors (Lipinski definition) is 3. The number of amides is 2. The Kier molecular flexibility index (Phi) is 4.53. The summed E-state index contributed by atoms with van der Waals surface area (Å²) < 4.78 is 0. The zero-order valence-electron chi connectivity index (χ0n) is 10.9. The fourth-order valence-electron chi connectivity index (χ4n) is 2.89. The second kappa shape index (κ2) is 6.14. The molecule has 0 radical (unpaired) electrons. The van der Waals surface area contributed by atoms with Crippen molar-refractivity contribution >= 4 is 11.8 Å². The lowest BCUT2D eigenvalue weighted by atomic mass is 9.94. The largest absolute Gasteiger partial charge is 0.305 e. The molecule has 2 rings (SSSR count). The Hall–Kier alpha value is -1.16. The van der Waals surface area contributed by atoms with Crippen LogP contribution in [0.4, 0.5) is 0 Å². The molecule has 2 fully saturated rings. The maximum Gasteiger partial charge on any atom is 0.247 e. The minimum atomic E-state index is -0.306. The molecule has 0 aromatic carbocycles. The third kappa shape index (κ3) is 2.80. The van der Waals surface area contributed by atoms with Gasteiger partial charge in [0.05, 0.1) is 12.5 Å². The van der Waals surface area contributed by atoms with E-state index in [-0.39, 0.29) is 23.9 Å². The molecular weight excluding hydrogens is 228 g/mol. The van der Waals surface area contributed by atoms with Crippen LogP contribution in [0.15, 0.2) is 12.7 Å². The number of likely N-dealkylation sites (tertiary alicyclic amines) is 1. The summed E-state index contributed by atoms with van der Waals surface area (Å²) in [6, 6.07) is -0.149. The van der Waals surface area contributed by atoms with Gasteiger partial charge >= 0.3 is 0 Å². The summed E-state index contributed by atoms with van der Waals surface area (Å²) in [5.41, 5.74) is 0. The Morgan fingerprint density at radius 2 is 2.00 bits per heavy atom. The molecule has 18 heavy (non-hydrogen) atoms. The second-order valence-corrected chi connectivity index (χ2v) is 5.18. The standard InChI is InChI=1S/C14H22N2O2/c1-2-3-9-15-12-10-13(17)16(14(12)18)11-7-5-4-6-8-11/h2,11-12,15H,1,3-10H2. The van der Waals surface area contributed by atoms with Crippen molar-refractivity contribution in [1.82, 2.24) is 10.2 Å². The van der Waals surface area contributed by atoms with E-state index in [1.165, 1.54) is 11.3 Å². The van der Waals surface area contributed by atoms with E-state index in [2.05, 4.69) is 11.9 Å². The highest BCUT2D eigenvalue weighted by molar-refractivity contribution is 6.05. The van der Waals surface area contributed by atoms with Crippen molar-refractivity contribution in [2.75, 3.05) is 6.54 Å². The summed E-state index contributed by atoms with van der Waals surface area (Å²) in [6.07, 6.45) is 8.43. The van der Waals surface area contributed by atoms with E-state index in [0.717, 1.165) is 32.1 Å². The first-order valence-corrected chi connectivity index (χ1v) is 6.94. The van der Waals surface area contributed by atoms with Crippen LogP contribution in [0.25, 0.3) is 0 Å². The normalized spacial score (nSPS) is 25.8. The molecule has 1 heterocycles. The van der Waals surface area contributed by atoms with Crippen molar-refractivity contribution in [1.29, 1.82) is 0 Å². The minimum Gasteiger partial charge on any atom is -0.305 e.